The Balaban J connectivity index is 1.83. The molecule has 0 aliphatic heterocycles. The van der Waals surface area contributed by atoms with Crippen LogP contribution in [0.5, 0.6) is 0 Å². The Morgan fingerprint density at radius 3 is 2.40 bits per heavy atom. The van der Waals surface area contributed by atoms with Gasteiger partial charge in [0.2, 0.25) is 5.91 Å². The lowest BCUT2D eigenvalue weighted by atomic mass is 10.0. The first-order chi connectivity index (χ1) is 9.52. The van der Waals surface area contributed by atoms with E-state index < -0.39 is 0 Å². The fourth-order valence-corrected chi connectivity index (χ4v) is 3.20. The van der Waals surface area contributed by atoms with Crippen molar-refractivity contribution in [2.75, 3.05) is 5.32 Å². The van der Waals surface area contributed by atoms with Crippen molar-refractivity contribution in [2.24, 2.45) is 5.92 Å². The number of amides is 1. The first kappa shape index (κ1) is 15.5. The number of carbonyl (C=O) groups is 1. The Kier molecular flexibility index (Phi) is 5.64. The van der Waals surface area contributed by atoms with Gasteiger partial charge in [0.15, 0.2) is 5.11 Å². The van der Waals surface area contributed by atoms with Gasteiger partial charge in [0, 0.05) is 22.2 Å². The summed E-state index contributed by atoms with van der Waals surface area (Å²) < 4.78 is 0. The van der Waals surface area contributed by atoms with Crippen LogP contribution in [0.4, 0.5) is 5.69 Å². The molecule has 20 heavy (non-hydrogen) atoms. The lowest BCUT2D eigenvalue weighted by Crippen LogP contribution is -2.34. The van der Waals surface area contributed by atoms with Crippen molar-refractivity contribution in [3.8, 4) is 0 Å². The summed E-state index contributed by atoms with van der Waals surface area (Å²) in [6.45, 7) is 0. The molecule has 0 heterocycles. The summed E-state index contributed by atoms with van der Waals surface area (Å²) in [4.78, 5) is 11.8. The fourth-order valence-electron chi connectivity index (χ4n) is 2.44. The number of anilines is 1. The van der Waals surface area contributed by atoms with Crippen LogP contribution in [0.1, 0.15) is 32.1 Å². The highest BCUT2D eigenvalue weighted by atomic mass is 35.5. The maximum atomic E-state index is 11.8. The quantitative estimate of drug-likeness (QED) is 0.807. The Labute approximate surface area is 134 Å². The van der Waals surface area contributed by atoms with Gasteiger partial charge in [0.25, 0.3) is 0 Å². The lowest BCUT2D eigenvalue weighted by molar-refractivity contribution is -0.120. The van der Waals surface area contributed by atoms with Gasteiger partial charge in [-0.25, -0.2) is 0 Å². The molecule has 0 atom stereocenters. The van der Waals surface area contributed by atoms with Gasteiger partial charge in [-0.3, -0.25) is 4.79 Å². The first-order valence-electron chi connectivity index (χ1n) is 6.60. The molecule has 1 saturated carbocycles. The third-order valence-corrected chi connectivity index (χ3v) is 3.96. The van der Waals surface area contributed by atoms with Crippen molar-refractivity contribution in [3.05, 3.63) is 28.2 Å². The predicted molar refractivity (Wildman–Crippen MR) is 87.4 cm³/mol. The molecule has 1 fully saturated rings. The van der Waals surface area contributed by atoms with Crippen LogP contribution in [0.15, 0.2) is 18.2 Å². The predicted octanol–water partition coefficient (Wildman–Crippen LogP) is 4.39. The molecule has 1 aliphatic carbocycles. The van der Waals surface area contributed by atoms with E-state index in [1.807, 2.05) is 0 Å². The van der Waals surface area contributed by atoms with E-state index in [0.717, 1.165) is 12.8 Å². The van der Waals surface area contributed by atoms with Gasteiger partial charge in [-0.15, -0.1) is 0 Å². The van der Waals surface area contributed by atoms with Gasteiger partial charge in [-0.2, -0.15) is 0 Å². The Bertz CT molecular complexity index is 496. The van der Waals surface area contributed by atoms with Crippen LogP contribution < -0.4 is 10.6 Å². The maximum Gasteiger partial charge on any atom is 0.226 e. The number of carbonyl (C=O) groups excluding carboxylic acids is 1. The smallest absolute Gasteiger partial charge is 0.226 e. The van der Waals surface area contributed by atoms with Gasteiger partial charge in [0.1, 0.15) is 0 Å². The minimum absolute atomic E-state index is 0.0393. The van der Waals surface area contributed by atoms with Gasteiger partial charge >= 0.3 is 0 Å². The van der Waals surface area contributed by atoms with E-state index in [2.05, 4.69) is 10.6 Å². The summed E-state index contributed by atoms with van der Waals surface area (Å²) in [5.74, 6) is 0.459. The molecule has 3 nitrogen and oxygen atoms in total. The van der Waals surface area contributed by atoms with Crippen molar-refractivity contribution in [1.29, 1.82) is 0 Å². The molecule has 1 aromatic carbocycles. The molecule has 0 spiro atoms. The minimum Gasteiger partial charge on any atom is -0.332 e. The highest BCUT2D eigenvalue weighted by Crippen LogP contribution is 2.27. The van der Waals surface area contributed by atoms with Crippen LogP contribution >= 0.6 is 35.4 Å². The number of benzene rings is 1. The molecule has 0 unspecified atom stereocenters. The summed E-state index contributed by atoms with van der Waals surface area (Å²) in [6, 6.07) is 5.03. The molecular formula is C14H16Cl2N2OS. The molecule has 0 bridgehead atoms. The SMILES string of the molecule is O=C(CC1CCCC1)NC(=S)Nc1cc(Cl)cc(Cl)c1. The third-order valence-electron chi connectivity index (χ3n) is 3.32. The molecule has 108 valence electrons. The highest BCUT2D eigenvalue weighted by molar-refractivity contribution is 7.80. The lowest BCUT2D eigenvalue weighted by Gasteiger charge is -2.12. The van der Waals surface area contributed by atoms with E-state index in [1.54, 1.807) is 18.2 Å². The third kappa shape index (κ3) is 4.93. The van der Waals surface area contributed by atoms with Crippen molar-refractivity contribution >= 4 is 52.1 Å². The van der Waals surface area contributed by atoms with Crippen LogP contribution in [0, 0.1) is 5.92 Å². The Morgan fingerprint density at radius 2 is 1.80 bits per heavy atom. The van der Waals surface area contributed by atoms with Gasteiger partial charge in [0.05, 0.1) is 0 Å². The van der Waals surface area contributed by atoms with Gasteiger partial charge in [-0.1, -0.05) is 36.0 Å². The topological polar surface area (TPSA) is 41.1 Å². The van der Waals surface area contributed by atoms with Crippen LogP contribution in [0.2, 0.25) is 10.0 Å². The molecule has 6 heteroatoms. The van der Waals surface area contributed by atoms with E-state index in [9.17, 15) is 4.79 Å². The number of rotatable bonds is 3. The molecule has 0 saturated heterocycles. The summed E-state index contributed by atoms with van der Waals surface area (Å²) in [7, 11) is 0. The van der Waals surface area contributed by atoms with Crippen LogP contribution in [0.25, 0.3) is 0 Å². The number of nitrogens with one attached hydrogen (secondary N) is 2. The zero-order chi connectivity index (χ0) is 14.5. The molecule has 1 amide bonds. The average molecular weight is 331 g/mol. The molecule has 1 aromatic rings. The van der Waals surface area contributed by atoms with E-state index in [4.69, 9.17) is 35.4 Å². The standard InChI is InChI=1S/C14H16Cl2N2OS/c15-10-6-11(16)8-12(7-10)17-14(20)18-13(19)5-9-3-1-2-4-9/h6-9H,1-5H2,(H2,17,18,19,20). The van der Waals surface area contributed by atoms with Crippen LogP contribution in [0.3, 0.4) is 0 Å². The Morgan fingerprint density at radius 1 is 1.20 bits per heavy atom. The van der Waals surface area contributed by atoms with Gasteiger partial charge < -0.3 is 10.6 Å². The van der Waals surface area contributed by atoms with Crippen molar-refractivity contribution in [3.63, 3.8) is 0 Å². The second kappa shape index (κ2) is 7.25. The zero-order valence-corrected chi connectivity index (χ0v) is 13.2. The summed E-state index contributed by atoms with van der Waals surface area (Å²) in [5, 5.41) is 6.90. The summed E-state index contributed by atoms with van der Waals surface area (Å²) in [5.41, 5.74) is 0.661. The monoisotopic (exact) mass is 330 g/mol. The molecule has 0 radical (unpaired) electrons. The molecule has 2 rings (SSSR count). The Hall–Kier alpha value is -0.840. The largest absolute Gasteiger partial charge is 0.332 e. The second-order valence-electron chi connectivity index (χ2n) is 5.02. The van der Waals surface area contributed by atoms with Crippen molar-refractivity contribution < 1.29 is 4.79 Å². The van der Waals surface area contributed by atoms with E-state index >= 15 is 0 Å². The number of thiocarbonyl (C=S) groups is 1. The molecular weight excluding hydrogens is 315 g/mol. The molecule has 0 aromatic heterocycles. The zero-order valence-electron chi connectivity index (χ0n) is 10.9. The van der Waals surface area contributed by atoms with Gasteiger partial charge in [-0.05, 0) is 49.2 Å². The number of hydrogen-bond acceptors (Lipinski definition) is 2. The highest BCUT2D eigenvalue weighted by Gasteiger charge is 2.18. The van der Waals surface area contributed by atoms with E-state index in [-0.39, 0.29) is 11.0 Å². The summed E-state index contributed by atoms with van der Waals surface area (Å²) >= 11 is 16.9. The average Bonchev–Trinajstić information content (AvgIpc) is 2.79. The van der Waals surface area contributed by atoms with Crippen molar-refractivity contribution in [1.82, 2.24) is 5.32 Å². The van der Waals surface area contributed by atoms with Crippen molar-refractivity contribution in [2.45, 2.75) is 32.1 Å². The first-order valence-corrected chi connectivity index (χ1v) is 7.76. The minimum atomic E-state index is -0.0393. The van der Waals surface area contributed by atoms with E-state index in [0.29, 0.717) is 28.1 Å². The van der Waals surface area contributed by atoms with Crippen LogP contribution in [-0.4, -0.2) is 11.0 Å². The molecule has 1 aliphatic rings. The fraction of sp³-hybridized carbons (Fsp3) is 0.429. The van der Waals surface area contributed by atoms with Crippen LogP contribution in [-0.2, 0) is 4.79 Å². The maximum absolute atomic E-state index is 11.8. The normalized spacial score (nSPS) is 15.1. The molecule has 2 N–H and O–H groups in total. The summed E-state index contributed by atoms with van der Waals surface area (Å²) in [6.07, 6.45) is 5.26. The number of halogens is 2. The number of hydrogen-bond donors (Lipinski definition) is 2. The second-order valence-corrected chi connectivity index (χ2v) is 6.30. The van der Waals surface area contributed by atoms with E-state index in [1.165, 1.54) is 12.8 Å².